The second-order valence-corrected chi connectivity index (χ2v) is 5.31. The van der Waals surface area contributed by atoms with Crippen molar-refractivity contribution in [2.24, 2.45) is 5.92 Å². The lowest BCUT2D eigenvalue weighted by atomic mass is 9.84. The van der Waals surface area contributed by atoms with Gasteiger partial charge < -0.3 is 5.32 Å². The van der Waals surface area contributed by atoms with Crippen molar-refractivity contribution >= 4 is 17.3 Å². The number of hydrogen-bond donors (Lipinski definition) is 1. The van der Waals surface area contributed by atoms with Crippen molar-refractivity contribution in [3.8, 4) is 0 Å². The molecule has 0 aromatic heterocycles. The van der Waals surface area contributed by atoms with Crippen molar-refractivity contribution in [3.05, 3.63) is 29.0 Å². The molecule has 1 aliphatic carbocycles. The predicted octanol–water partition coefficient (Wildman–Crippen LogP) is 4.86. The molecule has 0 unspecified atom stereocenters. The Bertz CT molecular complexity index is 372. The Balaban J connectivity index is 1.91. The molecule has 3 heteroatoms. The fourth-order valence-corrected chi connectivity index (χ4v) is 2.72. The van der Waals surface area contributed by atoms with Crippen molar-refractivity contribution in [1.29, 1.82) is 0 Å². The van der Waals surface area contributed by atoms with Gasteiger partial charge in [-0.25, -0.2) is 4.39 Å². The van der Waals surface area contributed by atoms with Crippen LogP contribution in [-0.4, -0.2) is 6.04 Å². The van der Waals surface area contributed by atoms with Crippen LogP contribution in [0.3, 0.4) is 0 Å². The maximum Gasteiger partial charge on any atom is 0.141 e. The zero-order chi connectivity index (χ0) is 12.3. The third kappa shape index (κ3) is 3.35. The van der Waals surface area contributed by atoms with Gasteiger partial charge >= 0.3 is 0 Å². The molecule has 0 saturated heterocycles. The minimum absolute atomic E-state index is 0.192. The van der Waals surface area contributed by atoms with E-state index in [9.17, 15) is 4.39 Å². The summed E-state index contributed by atoms with van der Waals surface area (Å²) in [4.78, 5) is 0. The fraction of sp³-hybridized carbons (Fsp3) is 0.571. The number of hydrogen-bond acceptors (Lipinski definition) is 1. The number of rotatable bonds is 3. The summed E-state index contributed by atoms with van der Waals surface area (Å²) in [6.07, 6.45) is 6.28. The van der Waals surface area contributed by atoms with Crippen molar-refractivity contribution in [2.45, 2.75) is 45.1 Å². The van der Waals surface area contributed by atoms with Crippen molar-refractivity contribution in [2.75, 3.05) is 5.32 Å². The monoisotopic (exact) mass is 255 g/mol. The molecule has 0 amide bonds. The number of anilines is 1. The van der Waals surface area contributed by atoms with Gasteiger partial charge in [-0.05, 0) is 49.8 Å². The highest BCUT2D eigenvalue weighted by molar-refractivity contribution is 6.31. The second kappa shape index (κ2) is 5.72. The van der Waals surface area contributed by atoms with Gasteiger partial charge in [0.25, 0.3) is 0 Å². The molecule has 0 aliphatic heterocycles. The molecule has 1 saturated carbocycles. The Morgan fingerprint density at radius 1 is 1.29 bits per heavy atom. The standard InChI is InChI=1S/C14H19ClFN/c1-2-10-3-5-11(6-4-10)17-12-7-8-14(16)13(15)9-12/h7-11,17H,2-6H2,1H3. The van der Waals surface area contributed by atoms with Crippen LogP contribution < -0.4 is 5.32 Å². The Hall–Kier alpha value is -0.760. The minimum Gasteiger partial charge on any atom is -0.382 e. The third-order valence-electron chi connectivity index (χ3n) is 3.71. The summed E-state index contributed by atoms with van der Waals surface area (Å²) in [6, 6.07) is 5.36. The lowest BCUT2D eigenvalue weighted by molar-refractivity contribution is 0.330. The van der Waals surface area contributed by atoms with Crippen LogP contribution in [0.15, 0.2) is 18.2 Å². The normalized spacial score (nSPS) is 24.6. The van der Waals surface area contributed by atoms with Crippen LogP contribution >= 0.6 is 11.6 Å². The van der Waals surface area contributed by atoms with Gasteiger partial charge in [0.1, 0.15) is 5.82 Å². The first-order valence-electron chi connectivity index (χ1n) is 6.40. The van der Waals surface area contributed by atoms with Gasteiger partial charge in [-0.15, -0.1) is 0 Å². The molecule has 1 aromatic rings. The molecule has 0 heterocycles. The Kier molecular flexibility index (Phi) is 4.27. The van der Waals surface area contributed by atoms with Crippen LogP contribution in [0.2, 0.25) is 5.02 Å². The van der Waals surface area contributed by atoms with Crippen LogP contribution in [0, 0.1) is 11.7 Å². The predicted molar refractivity (Wildman–Crippen MR) is 71.1 cm³/mol. The first kappa shape index (κ1) is 12.7. The number of halogens is 2. The number of benzene rings is 1. The zero-order valence-corrected chi connectivity index (χ0v) is 10.9. The molecule has 17 heavy (non-hydrogen) atoms. The Labute approximate surface area is 107 Å². The molecule has 0 bridgehead atoms. The van der Waals surface area contributed by atoms with Gasteiger partial charge in [-0.3, -0.25) is 0 Å². The van der Waals surface area contributed by atoms with E-state index >= 15 is 0 Å². The molecule has 1 N–H and O–H groups in total. The summed E-state index contributed by atoms with van der Waals surface area (Å²) >= 11 is 5.76. The molecule has 1 nitrogen and oxygen atoms in total. The van der Waals surface area contributed by atoms with E-state index in [0.29, 0.717) is 6.04 Å². The highest BCUT2D eigenvalue weighted by atomic mass is 35.5. The smallest absolute Gasteiger partial charge is 0.141 e. The average molecular weight is 256 g/mol. The van der Waals surface area contributed by atoms with Gasteiger partial charge in [-0.1, -0.05) is 24.9 Å². The molecule has 2 rings (SSSR count). The lowest BCUT2D eigenvalue weighted by Gasteiger charge is -2.29. The topological polar surface area (TPSA) is 12.0 Å². The van der Waals surface area contributed by atoms with E-state index in [1.807, 2.05) is 0 Å². The van der Waals surface area contributed by atoms with E-state index in [1.54, 1.807) is 12.1 Å². The molecule has 0 radical (unpaired) electrons. The summed E-state index contributed by atoms with van der Waals surface area (Å²) in [5, 5.41) is 3.63. The maximum atomic E-state index is 13.0. The van der Waals surface area contributed by atoms with Gasteiger partial charge in [0.15, 0.2) is 0 Å². The van der Waals surface area contributed by atoms with Crippen molar-refractivity contribution < 1.29 is 4.39 Å². The van der Waals surface area contributed by atoms with E-state index in [-0.39, 0.29) is 10.8 Å². The van der Waals surface area contributed by atoms with Crippen molar-refractivity contribution in [3.63, 3.8) is 0 Å². The molecule has 1 aliphatic rings. The molecule has 0 spiro atoms. The second-order valence-electron chi connectivity index (χ2n) is 4.90. The minimum atomic E-state index is -0.355. The average Bonchev–Trinajstić information content (AvgIpc) is 2.35. The molecule has 94 valence electrons. The van der Waals surface area contributed by atoms with Gasteiger partial charge in [0, 0.05) is 11.7 Å². The SMILES string of the molecule is CCC1CCC(Nc2ccc(F)c(Cl)c2)CC1. The largest absolute Gasteiger partial charge is 0.382 e. The number of nitrogens with one attached hydrogen (secondary N) is 1. The maximum absolute atomic E-state index is 13.0. The molecular formula is C14H19ClFN. The third-order valence-corrected chi connectivity index (χ3v) is 4.00. The van der Waals surface area contributed by atoms with Gasteiger partial charge in [0.2, 0.25) is 0 Å². The molecule has 0 atom stereocenters. The molecular weight excluding hydrogens is 237 g/mol. The van der Waals surface area contributed by atoms with E-state index in [0.717, 1.165) is 11.6 Å². The van der Waals surface area contributed by atoms with Gasteiger partial charge in [-0.2, -0.15) is 0 Å². The lowest BCUT2D eigenvalue weighted by Crippen LogP contribution is -2.25. The van der Waals surface area contributed by atoms with Crippen molar-refractivity contribution in [1.82, 2.24) is 0 Å². The summed E-state index contributed by atoms with van der Waals surface area (Å²) < 4.78 is 13.0. The highest BCUT2D eigenvalue weighted by Crippen LogP contribution is 2.29. The van der Waals surface area contributed by atoms with Crippen LogP contribution in [0.25, 0.3) is 0 Å². The molecule has 1 aromatic carbocycles. The van der Waals surface area contributed by atoms with E-state index in [2.05, 4.69) is 12.2 Å². The van der Waals surface area contributed by atoms with Gasteiger partial charge in [0.05, 0.1) is 5.02 Å². The summed E-state index contributed by atoms with van der Waals surface area (Å²) in [5.74, 6) is 0.539. The fourth-order valence-electron chi connectivity index (χ4n) is 2.54. The van der Waals surface area contributed by atoms with E-state index in [1.165, 1.54) is 38.2 Å². The Morgan fingerprint density at radius 2 is 2.00 bits per heavy atom. The highest BCUT2D eigenvalue weighted by Gasteiger charge is 2.19. The van der Waals surface area contributed by atoms with E-state index < -0.39 is 0 Å². The summed E-state index contributed by atoms with van der Waals surface area (Å²) in [6.45, 7) is 2.26. The van der Waals surface area contributed by atoms with E-state index in [4.69, 9.17) is 11.6 Å². The van der Waals surface area contributed by atoms with Crippen LogP contribution in [0.1, 0.15) is 39.0 Å². The van der Waals surface area contributed by atoms with Crippen LogP contribution in [0.4, 0.5) is 10.1 Å². The zero-order valence-electron chi connectivity index (χ0n) is 10.2. The summed E-state index contributed by atoms with van der Waals surface area (Å²) in [7, 11) is 0. The Morgan fingerprint density at radius 3 is 2.59 bits per heavy atom. The van der Waals surface area contributed by atoms with Crippen LogP contribution in [-0.2, 0) is 0 Å². The van der Waals surface area contributed by atoms with Crippen LogP contribution in [0.5, 0.6) is 0 Å². The summed E-state index contributed by atoms with van der Waals surface area (Å²) in [5.41, 5.74) is 0.927. The molecule has 1 fully saturated rings. The first-order valence-corrected chi connectivity index (χ1v) is 6.78. The first-order chi connectivity index (χ1) is 8.19. The quantitative estimate of drug-likeness (QED) is 0.813.